The zero-order chi connectivity index (χ0) is 13.1. The van der Waals surface area contributed by atoms with Crippen molar-refractivity contribution in [1.29, 1.82) is 0 Å². The lowest BCUT2D eigenvalue weighted by atomic mass is 10.1. The summed E-state index contributed by atoms with van der Waals surface area (Å²) in [5.74, 6) is -0.565. The molecule has 0 bridgehead atoms. The van der Waals surface area contributed by atoms with E-state index in [2.05, 4.69) is 20.9 Å². The number of pyridine rings is 1. The molecule has 0 fully saturated rings. The Morgan fingerprint density at radius 1 is 1.33 bits per heavy atom. The van der Waals surface area contributed by atoms with Crippen molar-refractivity contribution in [3.63, 3.8) is 0 Å². The van der Waals surface area contributed by atoms with Gasteiger partial charge in [-0.3, -0.25) is 9.78 Å². The average molecular weight is 308 g/mol. The number of carbonyl (C=O) groups is 1. The van der Waals surface area contributed by atoms with Crippen LogP contribution in [0.2, 0.25) is 0 Å². The minimum absolute atomic E-state index is 0.0234. The average Bonchev–Trinajstić information content (AvgIpc) is 2.32. The van der Waals surface area contributed by atoms with Gasteiger partial charge in [-0.05, 0) is 36.8 Å². The molecule has 0 aliphatic rings. The molecule has 2 nitrogen and oxygen atoms in total. The molecule has 4 heteroatoms. The highest BCUT2D eigenvalue weighted by atomic mass is 79.9. The molecule has 0 spiro atoms. The van der Waals surface area contributed by atoms with Crippen LogP contribution in [0.25, 0.3) is 0 Å². The Morgan fingerprint density at radius 2 is 2.11 bits per heavy atom. The van der Waals surface area contributed by atoms with Crippen molar-refractivity contribution in [2.24, 2.45) is 0 Å². The molecule has 0 aliphatic heterocycles. The maximum atomic E-state index is 13.6. The predicted octanol–water partition coefficient (Wildman–Crippen LogP) is 3.72. The van der Waals surface area contributed by atoms with Crippen molar-refractivity contribution < 1.29 is 9.18 Å². The fourth-order valence-electron chi connectivity index (χ4n) is 1.63. The first-order chi connectivity index (χ1) is 8.56. The smallest absolute Gasteiger partial charge is 0.185 e. The van der Waals surface area contributed by atoms with Crippen LogP contribution in [0.15, 0.2) is 40.9 Å². The molecule has 0 radical (unpaired) electrons. The van der Waals surface area contributed by atoms with Gasteiger partial charge in [-0.15, -0.1) is 0 Å². The van der Waals surface area contributed by atoms with E-state index in [9.17, 15) is 9.18 Å². The molecule has 0 unspecified atom stereocenters. The van der Waals surface area contributed by atoms with Gasteiger partial charge in [0.1, 0.15) is 11.5 Å². The van der Waals surface area contributed by atoms with Gasteiger partial charge in [0, 0.05) is 16.6 Å². The van der Waals surface area contributed by atoms with Gasteiger partial charge >= 0.3 is 0 Å². The highest BCUT2D eigenvalue weighted by Gasteiger charge is 2.11. The van der Waals surface area contributed by atoms with Gasteiger partial charge < -0.3 is 0 Å². The van der Waals surface area contributed by atoms with Gasteiger partial charge in [0.15, 0.2) is 5.78 Å². The number of halogens is 2. The summed E-state index contributed by atoms with van der Waals surface area (Å²) in [6, 6.07) is 9.91. The normalized spacial score (nSPS) is 10.4. The SMILES string of the molecule is Cc1cccc(C(=O)Cc2ccc(Br)cc2F)n1. The summed E-state index contributed by atoms with van der Waals surface area (Å²) in [6.07, 6.45) is 0.0234. The molecule has 0 saturated carbocycles. The number of hydrogen-bond acceptors (Lipinski definition) is 2. The maximum absolute atomic E-state index is 13.6. The van der Waals surface area contributed by atoms with Crippen LogP contribution < -0.4 is 0 Å². The molecule has 0 saturated heterocycles. The molecular formula is C14H11BrFNO. The Bertz CT molecular complexity index is 598. The van der Waals surface area contributed by atoms with Crippen molar-refractivity contribution >= 4 is 21.7 Å². The first kappa shape index (κ1) is 12.9. The molecule has 1 aromatic heterocycles. The summed E-state index contributed by atoms with van der Waals surface area (Å²) < 4.78 is 14.3. The van der Waals surface area contributed by atoms with Crippen LogP contribution in [0.3, 0.4) is 0 Å². The third kappa shape index (κ3) is 3.01. The van der Waals surface area contributed by atoms with Gasteiger partial charge in [0.2, 0.25) is 0 Å². The molecule has 0 N–H and O–H groups in total. The summed E-state index contributed by atoms with van der Waals surface area (Å²) in [5, 5.41) is 0. The number of rotatable bonds is 3. The summed E-state index contributed by atoms with van der Waals surface area (Å²) in [4.78, 5) is 16.1. The van der Waals surface area contributed by atoms with E-state index in [1.54, 1.807) is 24.3 Å². The molecule has 2 aromatic rings. The molecule has 92 valence electrons. The van der Waals surface area contributed by atoms with Gasteiger partial charge in [-0.1, -0.05) is 28.1 Å². The highest BCUT2D eigenvalue weighted by Crippen LogP contribution is 2.16. The Balaban J connectivity index is 2.21. The largest absolute Gasteiger partial charge is 0.292 e. The van der Waals surface area contributed by atoms with E-state index in [1.165, 1.54) is 6.07 Å². The van der Waals surface area contributed by atoms with E-state index in [4.69, 9.17) is 0 Å². The lowest BCUT2D eigenvalue weighted by Crippen LogP contribution is -2.07. The molecule has 0 atom stereocenters. The van der Waals surface area contributed by atoms with Gasteiger partial charge in [-0.2, -0.15) is 0 Å². The number of nitrogens with zero attached hydrogens (tertiary/aromatic N) is 1. The van der Waals surface area contributed by atoms with Crippen molar-refractivity contribution in [1.82, 2.24) is 4.98 Å². The molecule has 1 aromatic carbocycles. The zero-order valence-electron chi connectivity index (χ0n) is 9.78. The van der Waals surface area contributed by atoms with Crippen molar-refractivity contribution in [3.8, 4) is 0 Å². The fourth-order valence-corrected chi connectivity index (χ4v) is 1.96. The van der Waals surface area contributed by atoms with E-state index in [-0.39, 0.29) is 18.0 Å². The van der Waals surface area contributed by atoms with Crippen LogP contribution in [-0.4, -0.2) is 10.8 Å². The number of Topliss-reactive ketones (excluding diaryl/α,β-unsaturated/α-hetero) is 1. The number of aryl methyl sites for hydroxylation is 1. The quantitative estimate of drug-likeness (QED) is 0.809. The van der Waals surface area contributed by atoms with Crippen LogP contribution in [-0.2, 0) is 6.42 Å². The predicted molar refractivity (Wildman–Crippen MR) is 71.1 cm³/mol. The number of ketones is 1. The zero-order valence-corrected chi connectivity index (χ0v) is 11.4. The van der Waals surface area contributed by atoms with Crippen LogP contribution in [0.4, 0.5) is 4.39 Å². The lowest BCUT2D eigenvalue weighted by Gasteiger charge is -2.03. The second kappa shape index (κ2) is 5.40. The Kier molecular flexibility index (Phi) is 3.87. The van der Waals surface area contributed by atoms with E-state index in [1.807, 2.05) is 13.0 Å². The summed E-state index contributed by atoms with van der Waals surface area (Å²) in [7, 11) is 0. The maximum Gasteiger partial charge on any atom is 0.185 e. The summed E-state index contributed by atoms with van der Waals surface area (Å²) >= 11 is 3.18. The molecule has 2 rings (SSSR count). The lowest BCUT2D eigenvalue weighted by molar-refractivity contribution is 0.0987. The van der Waals surface area contributed by atoms with E-state index >= 15 is 0 Å². The molecule has 18 heavy (non-hydrogen) atoms. The molecular weight excluding hydrogens is 297 g/mol. The monoisotopic (exact) mass is 307 g/mol. The van der Waals surface area contributed by atoms with E-state index in [0.29, 0.717) is 15.7 Å². The van der Waals surface area contributed by atoms with Crippen molar-refractivity contribution in [2.45, 2.75) is 13.3 Å². The number of carbonyl (C=O) groups excluding carboxylic acids is 1. The Morgan fingerprint density at radius 3 is 2.78 bits per heavy atom. The van der Waals surface area contributed by atoms with Gasteiger partial charge in [0.05, 0.1) is 0 Å². The highest BCUT2D eigenvalue weighted by molar-refractivity contribution is 9.10. The van der Waals surface area contributed by atoms with Gasteiger partial charge in [0.25, 0.3) is 0 Å². The summed E-state index contributed by atoms with van der Waals surface area (Å²) in [5.41, 5.74) is 1.53. The molecule has 0 amide bonds. The topological polar surface area (TPSA) is 30.0 Å². The van der Waals surface area contributed by atoms with E-state index in [0.717, 1.165) is 5.69 Å². The minimum atomic E-state index is -0.384. The standard InChI is InChI=1S/C14H11BrFNO/c1-9-3-2-4-13(17-9)14(18)7-10-5-6-11(15)8-12(10)16/h2-6,8H,7H2,1H3. The number of aromatic nitrogens is 1. The van der Waals surface area contributed by atoms with Crippen molar-refractivity contribution in [3.05, 3.63) is 63.6 Å². The third-order valence-corrected chi connectivity index (χ3v) is 3.03. The minimum Gasteiger partial charge on any atom is -0.292 e. The van der Waals surface area contributed by atoms with Crippen LogP contribution >= 0.6 is 15.9 Å². The van der Waals surface area contributed by atoms with Crippen LogP contribution in [0, 0.1) is 12.7 Å². The van der Waals surface area contributed by atoms with Crippen molar-refractivity contribution in [2.75, 3.05) is 0 Å². The Hall–Kier alpha value is -1.55. The second-order valence-corrected chi connectivity index (χ2v) is 4.92. The summed E-state index contributed by atoms with van der Waals surface area (Å²) in [6.45, 7) is 1.82. The van der Waals surface area contributed by atoms with Gasteiger partial charge in [-0.25, -0.2) is 4.39 Å². The fraction of sp³-hybridized carbons (Fsp3) is 0.143. The number of hydrogen-bond donors (Lipinski definition) is 0. The third-order valence-electron chi connectivity index (χ3n) is 2.54. The first-order valence-corrected chi connectivity index (χ1v) is 6.26. The molecule has 0 aliphatic carbocycles. The number of benzene rings is 1. The molecule has 1 heterocycles. The Labute approximate surface area is 113 Å². The van der Waals surface area contributed by atoms with Crippen LogP contribution in [0.5, 0.6) is 0 Å². The first-order valence-electron chi connectivity index (χ1n) is 5.47. The van der Waals surface area contributed by atoms with Crippen LogP contribution in [0.1, 0.15) is 21.7 Å². The van der Waals surface area contributed by atoms with E-state index < -0.39 is 0 Å². The second-order valence-electron chi connectivity index (χ2n) is 4.00.